The molecule has 0 fully saturated rings. The molecule has 1 aromatic carbocycles. The van der Waals surface area contributed by atoms with Crippen molar-refractivity contribution in [1.82, 2.24) is 9.97 Å². The molecule has 2 aromatic rings. The Labute approximate surface area is 201 Å². The largest absolute Gasteiger partial charge is 0.423 e. The van der Waals surface area contributed by atoms with Crippen LogP contribution in [0, 0.1) is 0 Å². The van der Waals surface area contributed by atoms with Crippen LogP contribution in [0.4, 0.5) is 0 Å². The van der Waals surface area contributed by atoms with Gasteiger partial charge in [-0.1, -0.05) is 115 Å². The van der Waals surface area contributed by atoms with E-state index in [1.54, 1.807) is 12.4 Å². The average molecular weight is 453 g/mol. The van der Waals surface area contributed by atoms with E-state index in [0.29, 0.717) is 18.0 Å². The van der Waals surface area contributed by atoms with Crippen molar-refractivity contribution in [1.29, 1.82) is 0 Å². The maximum Gasteiger partial charge on any atom is 0.311 e. The van der Waals surface area contributed by atoms with Gasteiger partial charge in [-0.3, -0.25) is 4.79 Å². The van der Waals surface area contributed by atoms with Gasteiger partial charge < -0.3 is 4.74 Å². The number of hydrogen-bond acceptors (Lipinski definition) is 4. The SMILES string of the molecule is CCCCCCCCCCC(=O)Oc1cnc(-c2ccc(CCCCCCCC)cc2)nc1. The fourth-order valence-corrected chi connectivity index (χ4v) is 4.03. The number of esters is 1. The topological polar surface area (TPSA) is 52.1 Å². The molecule has 33 heavy (non-hydrogen) atoms. The summed E-state index contributed by atoms with van der Waals surface area (Å²) in [5.41, 5.74) is 2.35. The zero-order valence-electron chi connectivity index (χ0n) is 21.0. The Morgan fingerprint density at radius 2 is 1.21 bits per heavy atom. The van der Waals surface area contributed by atoms with Crippen molar-refractivity contribution in [3.63, 3.8) is 0 Å². The van der Waals surface area contributed by atoms with Gasteiger partial charge in [0.05, 0.1) is 12.4 Å². The molecule has 0 bridgehead atoms. The molecule has 0 aliphatic heterocycles. The summed E-state index contributed by atoms with van der Waals surface area (Å²) in [5, 5.41) is 0. The maximum atomic E-state index is 12.1. The number of hydrogen-bond donors (Lipinski definition) is 0. The second-order valence-corrected chi connectivity index (χ2v) is 9.16. The van der Waals surface area contributed by atoms with Gasteiger partial charge in [0, 0.05) is 12.0 Å². The van der Waals surface area contributed by atoms with E-state index in [4.69, 9.17) is 4.74 Å². The molecule has 0 N–H and O–H groups in total. The minimum Gasteiger partial charge on any atom is -0.423 e. The normalized spacial score (nSPS) is 11.0. The highest BCUT2D eigenvalue weighted by atomic mass is 16.5. The van der Waals surface area contributed by atoms with Gasteiger partial charge in [0.15, 0.2) is 11.6 Å². The summed E-state index contributed by atoms with van der Waals surface area (Å²) >= 11 is 0. The summed E-state index contributed by atoms with van der Waals surface area (Å²) in [4.78, 5) is 20.8. The van der Waals surface area contributed by atoms with Crippen LogP contribution in [0.1, 0.15) is 116 Å². The van der Waals surface area contributed by atoms with Crippen molar-refractivity contribution >= 4 is 5.97 Å². The summed E-state index contributed by atoms with van der Waals surface area (Å²) in [6.45, 7) is 4.49. The number of rotatable bonds is 18. The van der Waals surface area contributed by atoms with Gasteiger partial charge in [-0.25, -0.2) is 9.97 Å². The Morgan fingerprint density at radius 1 is 0.697 bits per heavy atom. The number of carbonyl (C=O) groups is 1. The Hall–Kier alpha value is -2.23. The summed E-state index contributed by atoms with van der Waals surface area (Å²) < 4.78 is 5.40. The fourth-order valence-electron chi connectivity index (χ4n) is 4.03. The van der Waals surface area contributed by atoms with Gasteiger partial charge in [0.2, 0.25) is 0 Å². The van der Waals surface area contributed by atoms with Gasteiger partial charge >= 0.3 is 5.97 Å². The van der Waals surface area contributed by atoms with Crippen molar-refractivity contribution in [3.8, 4) is 17.1 Å². The highest BCUT2D eigenvalue weighted by molar-refractivity contribution is 5.72. The molecule has 1 aromatic heterocycles. The first-order valence-electron chi connectivity index (χ1n) is 13.3. The third kappa shape index (κ3) is 12.0. The van der Waals surface area contributed by atoms with E-state index in [2.05, 4.69) is 48.1 Å². The van der Waals surface area contributed by atoms with Crippen LogP contribution in [0.2, 0.25) is 0 Å². The number of benzene rings is 1. The first kappa shape index (κ1) is 27.0. The number of carbonyl (C=O) groups excluding carboxylic acids is 1. The third-order valence-electron chi connectivity index (χ3n) is 6.13. The smallest absolute Gasteiger partial charge is 0.311 e. The van der Waals surface area contributed by atoms with Gasteiger partial charge in [0.25, 0.3) is 0 Å². The Bertz CT molecular complexity index is 756. The van der Waals surface area contributed by atoms with Crippen LogP contribution >= 0.6 is 0 Å². The Balaban J connectivity index is 1.65. The summed E-state index contributed by atoms with van der Waals surface area (Å²) in [6.07, 6.45) is 22.4. The van der Waals surface area contributed by atoms with E-state index >= 15 is 0 Å². The van der Waals surface area contributed by atoms with E-state index in [1.807, 2.05) is 0 Å². The first-order chi connectivity index (χ1) is 16.2. The summed E-state index contributed by atoms with van der Waals surface area (Å²) in [5.74, 6) is 0.878. The molecular formula is C29H44N2O2. The van der Waals surface area contributed by atoms with Crippen molar-refractivity contribution in [3.05, 3.63) is 42.2 Å². The lowest BCUT2D eigenvalue weighted by Gasteiger charge is -2.06. The van der Waals surface area contributed by atoms with Gasteiger partial charge in [0.1, 0.15) is 0 Å². The second-order valence-electron chi connectivity index (χ2n) is 9.16. The van der Waals surface area contributed by atoms with Crippen LogP contribution in [0.15, 0.2) is 36.7 Å². The molecule has 0 radical (unpaired) electrons. The van der Waals surface area contributed by atoms with E-state index in [1.165, 1.54) is 82.6 Å². The number of aryl methyl sites for hydroxylation is 1. The number of unbranched alkanes of at least 4 members (excludes halogenated alkanes) is 12. The molecular weight excluding hydrogens is 408 g/mol. The van der Waals surface area contributed by atoms with Crippen molar-refractivity contribution in [2.45, 2.75) is 117 Å². The van der Waals surface area contributed by atoms with Gasteiger partial charge in [-0.2, -0.15) is 0 Å². The molecule has 0 aliphatic carbocycles. The summed E-state index contributed by atoms with van der Waals surface area (Å²) in [6, 6.07) is 8.50. The van der Waals surface area contributed by atoms with E-state index in [9.17, 15) is 4.79 Å². The predicted molar refractivity (Wildman–Crippen MR) is 137 cm³/mol. The zero-order valence-corrected chi connectivity index (χ0v) is 21.0. The predicted octanol–water partition coefficient (Wildman–Crippen LogP) is 8.48. The van der Waals surface area contributed by atoms with Gasteiger partial charge in [-0.05, 0) is 24.8 Å². The molecule has 1 heterocycles. The quantitative estimate of drug-likeness (QED) is 0.168. The van der Waals surface area contributed by atoms with Crippen LogP contribution in [-0.2, 0) is 11.2 Å². The molecule has 4 nitrogen and oxygen atoms in total. The molecule has 0 amide bonds. The minimum atomic E-state index is -0.198. The molecule has 2 rings (SSSR count). The van der Waals surface area contributed by atoms with Crippen LogP contribution in [0.3, 0.4) is 0 Å². The van der Waals surface area contributed by atoms with Crippen molar-refractivity contribution in [2.24, 2.45) is 0 Å². The number of nitrogens with zero attached hydrogens (tertiary/aromatic N) is 2. The molecule has 0 saturated heterocycles. The van der Waals surface area contributed by atoms with Crippen LogP contribution in [-0.4, -0.2) is 15.9 Å². The van der Waals surface area contributed by atoms with E-state index in [-0.39, 0.29) is 5.97 Å². The van der Waals surface area contributed by atoms with E-state index < -0.39 is 0 Å². The summed E-state index contributed by atoms with van der Waals surface area (Å²) in [7, 11) is 0. The van der Waals surface area contributed by atoms with Crippen molar-refractivity contribution < 1.29 is 9.53 Å². The Morgan fingerprint density at radius 3 is 1.79 bits per heavy atom. The number of aromatic nitrogens is 2. The lowest BCUT2D eigenvalue weighted by Crippen LogP contribution is -2.08. The molecule has 0 saturated carbocycles. The lowest BCUT2D eigenvalue weighted by molar-refractivity contribution is -0.134. The molecule has 4 heteroatoms. The van der Waals surface area contributed by atoms with Gasteiger partial charge in [-0.15, -0.1) is 0 Å². The fraction of sp³-hybridized carbons (Fsp3) is 0.621. The Kier molecular flexibility index (Phi) is 14.1. The monoisotopic (exact) mass is 452 g/mol. The zero-order chi connectivity index (χ0) is 23.6. The molecule has 0 aliphatic rings. The molecule has 182 valence electrons. The lowest BCUT2D eigenvalue weighted by atomic mass is 10.0. The van der Waals surface area contributed by atoms with Crippen LogP contribution in [0.5, 0.6) is 5.75 Å². The molecule has 0 spiro atoms. The average Bonchev–Trinajstić information content (AvgIpc) is 2.84. The maximum absolute atomic E-state index is 12.1. The highest BCUT2D eigenvalue weighted by Crippen LogP contribution is 2.19. The first-order valence-corrected chi connectivity index (χ1v) is 13.3. The second kappa shape index (κ2) is 17.3. The van der Waals surface area contributed by atoms with Crippen LogP contribution in [0.25, 0.3) is 11.4 Å². The minimum absolute atomic E-state index is 0.198. The molecule has 0 atom stereocenters. The highest BCUT2D eigenvalue weighted by Gasteiger charge is 2.07. The molecule has 0 unspecified atom stereocenters. The van der Waals surface area contributed by atoms with E-state index in [0.717, 1.165) is 24.8 Å². The standard InChI is InChI=1S/C29H44N2O2/c1-3-5-7-9-11-12-14-16-18-28(32)33-27-23-30-29(31-24-27)26-21-19-25(20-22-26)17-15-13-10-8-6-4-2/h19-24H,3-18H2,1-2H3. The van der Waals surface area contributed by atoms with Crippen molar-refractivity contribution in [2.75, 3.05) is 0 Å². The number of ether oxygens (including phenoxy) is 1. The van der Waals surface area contributed by atoms with Crippen LogP contribution < -0.4 is 4.74 Å². The third-order valence-corrected chi connectivity index (χ3v) is 6.13.